The first-order valence-corrected chi connectivity index (χ1v) is 9.86. The van der Waals surface area contributed by atoms with Gasteiger partial charge in [0.2, 0.25) is 0 Å². The summed E-state index contributed by atoms with van der Waals surface area (Å²) in [5, 5.41) is 2.86. The number of aryl methyl sites for hydroxylation is 2. The molecule has 0 fully saturated rings. The largest absolute Gasteiger partial charge is 0.455 e. The molecular weight excluding hydrogens is 429 g/mol. The van der Waals surface area contributed by atoms with Crippen LogP contribution in [0.2, 0.25) is 5.15 Å². The number of alkyl halides is 3. The van der Waals surface area contributed by atoms with Gasteiger partial charge in [0.25, 0.3) is 5.91 Å². The standard InChI is InChI=1S/C23H20ClF3N2O2/c1-14-6-7-16(15(2)10-14)8-9-28-22(30)19-12-21(24)29-13-20(19)31-18-5-3-4-17(11-18)23(25,26)27/h3-7,10-13H,8-9H2,1-2H3,(H,28,30). The first kappa shape index (κ1) is 22.6. The van der Waals surface area contributed by atoms with E-state index in [1.807, 2.05) is 26.0 Å². The lowest BCUT2D eigenvalue weighted by Crippen LogP contribution is -2.26. The molecule has 0 aliphatic carbocycles. The van der Waals surface area contributed by atoms with Crippen LogP contribution in [0.5, 0.6) is 11.5 Å². The van der Waals surface area contributed by atoms with Crippen LogP contribution in [0.15, 0.2) is 54.7 Å². The molecule has 1 aromatic heterocycles. The highest BCUT2D eigenvalue weighted by molar-refractivity contribution is 6.29. The van der Waals surface area contributed by atoms with Crippen LogP contribution in [0.4, 0.5) is 13.2 Å². The zero-order valence-electron chi connectivity index (χ0n) is 16.9. The van der Waals surface area contributed by atoms with Gasteiger partial charge in [0, 0.05) is 6.54 Å². The predicted molar refractivity (Wildman–Crippen MR) is 113 cm³/mol. The highest BCUT2D eigenvalue weighted by Crippen LogP contribution is 2.33. The molecule has 0 aliphatic rings. The minimum absolute atomic E-state index is 0.00717. The molecule has 0 aliphatic heterocycles. The van der Waals surface area contributed by atoms with Crippen molar-refractivity contribution in [2.45, 2.75) is 26.4 Å². The smallest absolute Gasteiger partial charge is 0.416 e. The van der Waals surface area contributed by atoms with Gasteiger partial charge in [-0.25, -0.2) is 4.98 Å². The van der Waals surface area contributed by atoms with Crippen molar-refractivity contribution in [3.63, 3.8) is 0 Å². The lowest BCUT2D eigenvalue weighted by molar-refractivity contribution is -0.137. The second-order valence-corrected chi connectivity index (χ2v) is 7.45. The second kappa shape index (κ2) is 9.39. The van der Waals surface area contributed by atoms with Gasteiger partial charge in [0.05, 0.1) is 17.3 Å². The molecule has 1 amide bonds. The van der Waals surface area contributed by atoms with Crippen LogP contribution in [0.25, 0.3) is 0 Å². The van der Waals surface area contributed by atoms with Crippen LogP contribution < -0.4 is 10.1 Å². The number of amides is 1. The minimum atomic E-state index is -4.51. The van der Waals surface area contributed by atoms with Crippen molar-refractivity contribution in [3.8, 4) is 11.5 Å². The number of nitrogens with one attached hydrogen (secondary N) is 1. The Balaban J connectivity index is 1.74. The molecule has 8 heteroatoms. The fraction of sp³-hybridized carbons (Fsp3) is 0.217. The molecule has 1 N–H and O–H groups in total. The van der Waals surface area contributed by atoms with Crippen molar-refractivity contribution in [2.75, 3.05) is 6.54 Å². The molecular formula is C23H20ClF3N2O2. The van der Waals surface area contributed by atoms with Gasteiger partial charge in [0.15, 0.2) is 5.75 Å². The van der Waals surface area contributed by atoms with Crippen LogP contribution in [0.1, 0.15) is 32.6 Å². The number of hydrogen-bond acceptors (Lipinski definition) is 3. The number of rotatable bonds is 6. The van der Waals surface area contributed by atoms with Gasteiger partial charge in [-0.15, -0.1) is 0 Å². The number of hydrogen-bond donors (Lipinski definition) is 1. The number of nitrogens with zero attached hydrogens (tertiary/aromatic N) is 1. The maximum atomic E-state index is 12.9. The monoisotopic (exact) mass is 448 g/mol. The fourth-order valence-corrected chi connectivity index (χ4v) is 3.23. The number of aromatic nitrogens is 1. The van der Waals surface area contributed by atoms with E-state index < -0.39 is 17.6 Å². The Morgan fingerprint density at radius 1 is 1.13 bits per heavy atom. The van der Waals surface area contributed by atoms with Gasteiger partial charge in [-0.05, 0) is 55.7 Å². The van der Waals surface area contributed by atoms with Crippen LogP contribution >= 0.6 is 11.6 Å². The number of halogens is 4. The zero-order valence-corrected chi connectivity index (χ0v) is 17.6. The minimum Gasteiger partial charge on any atom is -0.455 e. The molecule has 0 unspecified atom stereocenters. The molecule has 0 radical (unpaired) electrons. The average molecular weight is 449 g/mol. The van der Waals surface area contributed by atoms with E-state index in [0.717, 1.165) is 28.8 Å². The molecule has 4 nitrogen and oxygen atoms in total. The first-order chi connectivity index (χ1) is 14.6. The molecule has 31 heavy (non-hydrogen) atoms. The summed E-state index contributed by atoms with van der Waals surface area (Å²) >= 11 is 5.92. The summed E-state index contributed by atoms with van der Waals surface area (Å²) in [6.45, 7) is 4.39. The van der Waals surface area contributed by atoms with E-state index in [1.54, 1.807) is 0 Å². The van der Waals surface area contributed by atoms with Gasteiger partial charge in [-0.1, -0.05) is 41.4 Å². The lowest BCUT2D eigenvalue weighted by atomic mass is 10.0. The van der Waals surface area contributed by atoms with Crippen molar-refractivity contribution in [3.05, 3.63) is 87.7 Å². The molecule has 2 aromatic carbocycles. The topological polar surface area (TPSA) is 51.2 Å². The lowest BCUT2D eigenvalue weighted by Gasteiger charge is -2.13. The summed E-state index contributed by atoms with van der Waals surface area (Å²) in [7, 11) is 0. The van der Waals surface area contributed by atoms with Gasteiger partial charge < -0.3 is 10.1 Å². The van der Waals surface area contributed by atoms with Gasteiger partial charge >= 0.3 is 6.18 Å². The van der Waals surface area contributed by atoms with Crippen molar-refractivity contribution in [2.24, 2.45) is 0 Å². The Kier molecular flexibility index (Phi) is 6.85. The number of ether oxygens (including phenoxy) is 1. The van der Waals surface area contributed by atoms with E-state index in [9.17, 15) is 18.0 Å². The maximum absolute atomic E-state index is 12.9. The molecule has 162 valence electrons. The van der Waals surface area contributed by atoms with E-state index >= 15 is 0 Å². The summed E-state index contributed by atoms with van der Waals surface area (Å²) in [6, 6.07) is 11.8. The molecule has 0 bridgehead atoms. The third kappa shape index (κ3) is 5.98. The predicted octanol–water partition coefficient (Wildman–Crippen LogP) is 6.14. The second-order valence-electron chi connectivity index (χ2n) is 7.07. The Morgan fingerprint density at radius 3 is 2.61 bits per heavy atom. The summed E-state index contributed by atoms with van der Waals surface area (Å²) < 4.78 is 44.4. The van der Waals surface area contributed by atoms with E-state index in [0.29, 0.717) is 13.0 Å². The Labute approximate surface area is 183 Å². The summed E-state index contributed by atoms with van der Waals surface area (Å²) in [5.74, 6) is -0.521. The van der Waals surface area contributed by atoms with Crippen LogP contribution in [0.3, 0.4) is 0 Å². The van der Waals surface area contributed by atoms with E-state index in [4.69, 9.17) is 16.3 Å². The normalized spacial score (nSPS) is 11.3. The number of carbonyl (C=O) groups is 1. The summed E-state index contributed by atoms with van der Waals surface area (Å²) in [4.78, 5) is 16.6. The Hall–Kier alpha value is -3.06. The van der Waals surface area contributed by atoms with E-state index in [-0.39, 0.29) is 22.2 Å². The molecule has 1 heterocycles. The molecule has 3 aromatic rings. The van der Waals surface area contributed by atoms with Gasteiger partial charge in [0.1, 0.15) is 10.9 Å². The molecule has 0 saturated heterocycles. The van der Waals surface area contributed by atoms with Crippen molar-refractivity contribution >= 4 is 17.5 Å². The van der Waals surface area contributed by atoms with Crippen molar-refractivity contribution < 1.29 is 22.7 Å². The molecule has 0 atom stereocenters. The molecule has 0 spiro atoms. The highest BCUT2D eigenvalue weighted by Gasteiger charge is 2.30. The Morgan fingerprint density at radius 2 is 1.90 bits per heavy atom. The number of benzene rings is 2. The average Bonchev–Trinajstić information content (AvgIpc) is 2.70. The van der Waals surface area contributed by atoms with Gasteiger partial charge in [-0.3, -0.25) is 4.79 Å². The van der Waals surface area contributed by atoms with E-state index in [2.05, 4.69) is 16.4 Å². The quantitative estimate of drug-likeness (QED) is 0.461. The molecule has 0 saturated carbocycles. The van der Waals surface area contributed by atoms with Crippen molar-refractivity contribution in [1.29, 1.82) is 0 Å². The third-order valence-corrected chi connectivity index (χ3v) is 4.85. The Bertz CT molecular complexity index is 1100. The summed E-state index contributed by atoms with van der Waals surface area (Å²) in [5.41, 5.74) is 2.63. The van der Waals surface area contributed by atoms with Crippen LogP contribution in [-0.4, -0.2) is 17.4 Å². The maximum Gasteiger partial charge on any atom is 0.416 e. The fourth-order valence-electron chi connectivity index (χ4n) is 3.07. The van der Waals surface area contributed by atoms with E-state index in [1.165, 1.54) is 24.4 Å². The number of carbonyl (C=O) groups excluding carboxylic acids is 1. The molecule has 3 rings (SSSR count). The first-order valence-electron chi connectivity index (χ1n) is 9.48. The van der Waals surface area contributed by atoms with Gasteiger partial charge in [-0.2, -0.15) is 13.2 Å². The highest BCUT2D eigenvalue weighted by atomic mass is 35.5. The summed E-state index contributed by atoms with van der Waals surface area (Å²) in [6.07, 6.45) is -2.67. The SMILES string of the molecule is Cc1ccc(CCNC(=O)c2cc(Cl)ncc2Oc2cccc(C(F)(F)F)c2)c(C)c1. The zero-order chi connectivity index (χ0) is 22.6. The van der Waals surface area contributed by atoms with Crippen LogP contribution in [-0.2, 0) is 12.6 Å². The van der Waals surface area contributed by atoms with Crippen molar-refractivity contribution in [1.82, 2.24) is 10.3 Å². The number of pyridine rings is 1. The van der Waals surface area contributed by atoms with Crippen LogP contribution in [0, 0.1) is 13.8 Å². The third-order valence-electron chi connectivity index (χ3n) is 4.65.